The van der Waals surface area contributed by atoms with Crippen molar-refractivity contribution in [1.82, 2.24) is 4.90 Å². The number of hydrogen-bond acceptors (Lipinski definition) is 6. The summed E-state index contributed by atoms with van der Waals surface area (Å²) < 4.78 is 11.1. The summed E-state index contributed by atoms with van der Waals surface area (Å²) in [5.41, 5.74) is 1.94. The summed E-state index contributed by atoms with van der Waals surface area (Å²) in [6.45, 7) is 4.09. The first-order valence-corrected chi connectivity index (χ1v) is 10.4. The van der Waals surface area contributed by atoms with Gasteiger partial charge >= 0.3 is 5.97 Å². The van der Waals surface area contributed by atoms with Crippen LogP contribution in [0, 0.1) is 0 Å². The Hall–Kier alpha value is -2.64. The molecule has 0 saturated carbocycles. The van der Waals surface area contributed by atoms with Gasteiger partial charge in [-0.15, -0.1) is 0 Å². The summed E-state index contributed by atoms with van der Waals surface area (Å²) in [7, 11) is 0. The van der Waals surface area contributed by atoms with E-state index in [4.69, 9.17) is 21.7 Å². The summed E-state index contributed by atoms with van der Waals surface area (Å²) in [6.07, 6.45) is 1.76. The van der Waals surface area contributed by atoms with Crippen LogP contribution >= 0.6 is 24.0 Å². The second kappa shape index (κ2) is 9.71. The van der Waals surface area contributed by atoms with Crippen LogP contribution in [0.25, 0.3) is 6.08 Å². The molecular weight excluding hydrogens is 406 g/mol. The number of benzene rings is 2. The van der Waals surface area contributed by atoms with E-state index in [9.17, 15) is 9.59 Å². The van der Waals surface area contributed by atoms with E-state index in [1.165, 1.54) is 16.7 Å². The minimum atomic E-state index is -0.748. The quantitative estimate of drug-likeness (QED) is 0.370. The van der Waals surface area contributed by atoms with Crippen molar-refractivity contribution in [1.29, 1.82) is 0 Å². The molecule has 3 rings (SSSR count). The highest BCUT2D eigenvalue weighted by atomic mass is 32.2. The summed E-state index contributed by atoms with van der Waals surface area (Å²) in [6, 6.07) is 16.6. The van der Waals surface area contributed by atoms with Gasteiger partial charge in [-0.25, -0.2) is 4.79 Å². The molecule has 1 heterocycles. The van der Waals surface area contributed by atoms with Crippen LogP contribution in [0.1, 0.15) is 25.0 Å². The fraction of sp³-hybridized carbons (Fsp3) is 0.227. The first kappa shape index (κ1) is 21.1. The van der Waals surface area contributed by atoms with Gasteiger partial charge in [0.1, 0.15) is 22.7 Å². The van der Waals surface area contributed by atoms with Crippen LogP contribution in [0.15, 0.2) is 59.5 Å². The van der Waals surface area contributed by atoms with Gasteiger partial charge < -0.3 is 9.47 Å². The normalized spacial score (nSPS) is 16.2. The average molecular weight is 428 g/mol. The third kappa shape index (κ3) is 5.25. The molecule has 29 heavy (non-hydrogen) atoms. The number of amides is 1. The second-order valence-electron chi connectivity index (χ2n) is 6.32. The summed E-state index contributed by atoms with van der Waals surface area (Å²) in [4.78, 5) is 26.5. The van der Waals surface area contributed by atoms with Gasteiger partial charge in [0.15, 0.2) is 0 Å². The maximum atomic E-state index is 12.7. The van der Waals surface area contributed by atoms with Crippen molar-refractivity contribution < 1.29 is 19.1 Å². The molecule has 2 aromatic rings. The van der Waals surface area contributed by atoms with Crippen LogP contribution < -0.4 is 4.74 Å². The van der Waals surface area contributed by atoms with Crippen molar-refractivity contribution in [3.63, 3.8) is 0 Å². The lowest BCUT2D eigenvalue weighted by Crippen LogP contribution is -2.42. The number of nitrogens with zero attached hydrogens (tertiary/aromatic N) is 1. The van der Waals surface area contributed by atoms with Crippen LogP contribution in [0.5, 0.6) is 5.75 Å². The molecular formula is C22H21NO4S2. The fourth-order valence-electron chi connectivity index (χ4n) is 2.73. The minimum absolute atomic E-state index is 0.256. The van der Waals surface area contributed by atoms with Crippen LogP contribution in [-0.4, -0.2) is 33.7 Å². The SMILES string of the molecule is CCOC(=O)C(C)N1C(=O)C(=Cc2ccc(OCc3ccccc3)cc2)SC1=S. The molecule has 1 aliphatic heterocycles. The number of hydrogen-bond donors (Lipinski definition) is 0. The number of carbonyl (C=O) groups is 2. The van der Waals surface area contributed by atoms with Crippen molar-refractivity contribution in [3.05, 3.63) is 70.6 Å². The summed E-state index contributed by atoms with van der Waals surface area (Å²) in [5, 5.41) is 0. The van der Waals surface area contributed by atoms with Gasteiger partial charge in [-0.3, -0.25) is 9.69 Å². The number of thiocarbonyl (C=S) groups is 1. The van der Waals surface area contributed by atoms with E-state index >= 15 is 0 Å². The molecule has 0 aliphatic carbocycles. The predicted octanol–water partition coefficient (Wildman–Crippen LogP) is 4.42. The summed E-state index contributed by atoms with van der Waals surface area (Å²) >= 11 is 6.47. The number of rotatable bonds is 7. The van der Waals surface area contributed by atoms with Gasteiger partial charge in [-0.2, -0.15) is 0 Å². The van der Waals surface area contributed by atoms with Crippen LogP contribution in [0.2, 0.25) is 0 Å². The van der Waals surface area contributed by atoms with Crippen molar-refractivity contribution in [2.24, 2.45) is 0 Å². The zero-order chi connectivity index (χ0) is 20.8. The molecule has 0 N–H and O–H groups in total. The molecule has 0 spiro atoms. The molecule has 1 amide bonds. The Morgan fingerprint density at radius 1 is 1.17 bits per heavy atom. The van der Waals surface area contributed by atoms with E-state index in [0.29, 0.717) is 15.8 Å². The monoisotopic (exact) mass is 427 g/mol. The molecule has 7 heteroatoms. The van der Waals surface area contributed by atoms with E-state index in [0.717, 1.165) is 16.9 Å². The van der Waals surface area contributed by atoms with E-state index < -0.39 is 12.0 Å². The number of thioether (sulfide) groups is 1. The third-order valence-electron chi connectivity index (χ3n) is 4.26. The first-order chi connectivity index (χ1) is 14.0. The standard InChI is InChI=1S/C22H21NO4S2/c1-3-26-21(25)15(2)23-20(24)19(29-22(23)28)13-16-9-11-18(12-10-16)27-14-17-7-5-4-6-8-17/h4-13,15H,3,14H2,1-2H3. The lowest BCUT2D eigenvalue weighted by Gasteiger charge is -2.21. The Kier molecular flexibility index (Phi) is 7.06. The molecule has 2 aromatic carbocycles. The van der Waals surface area contributed by atoms with Gasteiger partial charge in [0.05, 0.1) is 11.5 Å². The average Bonchev–Trinajstić information content (AvgIpc) is 3.01. The lowest BCUT2D eigenvalue weighted by molar-refractivity contribution is -0.149. The second-order valence-corrected chi connectivity index (χ2v) is 8.00. The van der Waals surface area contributed by atoms with Gasteiger partial charge in [0, 0.05) is 0 Å². The number of ether oxygens (including phenoxy) is 2. The molecule has 1 aliphatic rings. The van der Waals surface area contributed by atoms with Crippen LogP contribution in [-0.2, 0) is 20.9 Å². The maximum Gasteiger partial charge on any atom is 0.329 e. The van der Waals surface area contributed by atoms with E-state index in [1.807, 2.05) is 54.6 Å². The Morgan fingerprint density at radius 3 is 2.52 bits per heavy atom. The number of esters is 1. The molecule has 1 unspecified atom stereocenters. The zero-order valence-corrected chi connectivity index (χ0v) is 17.8. The molecule has 150 valence electrons. The molecule has 0 aromatic heterocycles. The van der Waals surface area contributed by atoms with Gasteiger partial charge in [-0.1, -0.05) is 66.4 Å². The van der Waals surface area contributed by atoms with Gasteiger partial charge in [-0.05, 0) is 43.2 Å². The molecule has 1 saturated heterocycles. The highest BCUT2D eigenvalue weighted by Crippen LogP contribution is 2.34. The minimum Gasteiger partial charge on any atom is -0.489 e. The Labute approximate surface area is 179 Å². The van der Waals surface area contributed by atoms with E-state index in [-0.39, 0.29) is 12.5 Å². The molecule has 1 fully saturated rings. The van der Waals surface area contributed by atoms with Crippen LogP contribution in [0.3, 0.4) is 0 Å². The highest BCUT2D eigenvalue weighted by molar-refractivity contribution is 8.26. The summed E-state index contributed by atoms with van der Waals surface area (Å²) in [5.74, 6) is -0.00981. The highest BCUT2D eigenvalue weighted by Gasteiger charge is 2.38. The Bertz CT molecular complexity index is 926. The van der Waals surface area contributed by atoms with Gasteiger partial charge in [0.25, 0.3) is 5.91 Å². The van der Waals surface area contributed by atoms with Crippen molar-refractivity contribution >= 4 is 46.3 Å². The zero-order valence-electron chi connectivity index (χ0n) is 16.2. The molecule has 1 atom stereocenters. The maximum absolute atomic E-state index is 12.7. The molecule has 5 nitrogen and oxygen atoms in total. The Balaban J connectivity index is 1.66. The van der Waals surface area contributed by atoms with Gasteiger partial charge in [0.2, 0.25) is 0 Å². The predicted molar refractivity (Wildman–Crippen MR) is 118 cm³/mol. The van der Waals surface area contributed by atoms with Crippen molar-refractivity contribution in [3.8, 4) is 5.75 Å². The van der Waals surface area contributed by atoms with Crippen molar-refractivity contribution in [2.45, 2.75) is 26.5 Å². The third-order valence-corrected chi connectivity index (χ3v) is 5.60. The van der Waals surface area contributed by atoms with E-state index in [1.54, 1.807) is 19.9 Å². The molecule has 0 bridgehead atoms. The topological polar surface area (TPSA) is 55.8 Å². The smallest absolute Gasteiger partial charge is 0.329 e. The first-order valence-electron chi connectivity index (χ1n) is 9.20. The fourth-order valence-corrected chi connectivity index (χ4v) is 4.15. The van der Waals surface area contributed by atoms with E-state index in [2.05, 4.69) is 0 Å². The van der Waals surface area contributed by atoms with Crippen LogP contribution in [0.4, 0.5) is 0 Å². The Morgan fingerprint density at radius 2 is 1.86 bits per heavy atom. The lowest BCUT2D eigenvalue weighted by atomic mass is 10.2. The molecule has 0 radical (unpaired) electrons. The van der Waals surface area contributed by atoms with Crippen molar-refractivity contribution in [2.75, 3.05) is 6.61 Å². The number of carbonyl (C=O) groups excluding carboxylic acids is 2. The largest absolute Gasteiger partial charge is 0.489 e.